The van der Waals surface area contributed by atoms with Gasteiger partial charge in [-0.2, -0.15) is 0 Å². The van der Waals surface area contributed by atoms with Gasteiger partial charge in [0.15, 0.2) is 0 Å². The summed E-state index contributed by atoms with van der Waals surface area (Å²) in [4.78, 5) is 13.8. The van der Waals surface area contributed by atoms with Gasteiger partial charge in [-0.1, -0.05) is 26.8 Å². The summed E-state index contributed by atoms with van der Waals surface area (Å²) in [6, 6.07) is -0.496. The lowest BCUT2D eigenvalue weighted by atomic mass is 9.86. The molecule has 0 aromatic carbocycles. The highest BCUT2D eigenvalue weighted by Crippen LogP contribution is 2.19. The molecular formula is C12H24N2O2. The molecule has 1 unspecified atom stereocenters. The quantitative estimate of drug-likeness (QED) is 0.691. The first kappa shape index (κ1) is 15.1. The number of hydrogen-bond donors (Lipinski definition) is 1. The SMILES string of the molecule is C=CCN(CCOC)C(=O)C(N)C(C)(C)C. The third-order valence-electron chi connectivity index (χ3n) is 2.43. The minimum absolute atomic E-state index is 0.0514. The number of carbonyl (C=O) groups excluding carboxylic acids is 1. The van der Waals surface area contributed by atoms with Gasteiger partial charge in [0.05, 0.1) is 12.6 Å². The highest BCUT2D eigenvalue weighted by atomic mass is 16.5. The fraction of sp³-hybridized carbons (Fsp3) is 0.750. The van der Waals surface area contributed by atoms with Crippen molar-refractivity contribution in [1.82, 2.24) is 4.90 Å². The molecule has 0 aliphatic heterocycles. The minimum atomic E-state index is -0.496. The summed E-state index contributed by atoms with van der Waals surface area (Å²) in [6.07, 6.45) is 1.70. The normalized spacial score (nSPS) is 13.3. The summed E-state index contributed by atoms with van der Waals surface area (Å²) < 4.78 is 4.97. The second kappa shape index (κ2) is 6.66. The van der Waals surface area contributed by atoms with Gasteiger partial charge in [-0.3, -0.25) is 4.79 Å². The molecule has 16 heavy (non-hydrogen) atoms. The molecule has 0 aliphatic rings. The average Bonchev–Trinajstić information content (AvgIpc) is 2.20. The maximum Gasteiger partial charge on any atom is 0.240 e. The van der Waals surface area contributed by atoms with E-state index in [1.54, 1.807) is 18.1 Å². The third kappa shape index (κ3) is 4.77. The number of methoxy groups -OCH3 is 1. The van der Waals surface area contributed by atoms with Crippen LogP contribution in [0.2, 0.25) is 0 Å². The smallest absolute Gasteiger partial charge is 0.240 e. The maximum atomic E-state index is 12.1. The molecular weight excluding hydrogens is 204 g/mol. The van der Waals surface area contributed by atoms with Crippen LogP contribution in [-0.4, -0.2) is 43.7 Å². The molecule has 0 radical (unpaired) electrons. The highest BCUT2D eigenvalue weighted by Gasteiger charge is 2.30. The van der Waals surface area contributed by atoms with E-state index in [9.17, 15) is 4.79 Å². The standard InChI is InChI=1S/C12H24N2O2/c1-6-7-14(8-9-16-5)11(15)10(13)12(2,3)4/h6,10H,1,7-9,13H2,2-5H3. The van der Waals surface area contributed by atoms with Gasteiger partial charge in [0.1, 0.15) is 0 Å². The highest BCUT2D eigenvalue weighted by molar-refractivity contribution is 5.82. The van der Waals surface area contributed by atoms with Crippen LogP contribution in [0.5, 0.6) is 0 Å². The van der Waals surface area contributed by atoms with Crippen LogP contribution in [0.15, 0.2) is 12.7 Å². The van der Waals surface area contributed by atoms with Gasteiger partial charge < -0.3 is 15.4 Å². The molecule has 94 valence electrons. The lowest BCUT2D eigenvalue weighted by Crippen LogP contribution is -2.51. The first-order chi connectivity index (χ1) is 7.34. The molecule has 0 fully saturated rings. The fourth-order valence-corrected chi connectivity index (χ4v) is 1.22. The van der Waals surface area contributed by atoms with Crippen LogP contribution in [0.4, 0.5) is 0 Å². The molecule has 4 heteroatoms. The Hall–Kier alpha value is -0.870. The Labute approximate surface area is 98.4 Å². The van der Waals surface area contributed by atoms with E-state index in [0.717, 1.165) is 0 Å². The zero-order valence-corrected chi connectivity index (χ0v) is 10.8. The van der Waals surface area contributed by atoms with Crippen molar-refractivity contribution in [2.45, 2.75) is 26.8 Å². The Morgan fingerprint density at radius 1 is 1.56 bits per heavy atom. The van der Waals surface area contributed by atoms with Crippen molar-refractivity contribution >= 4 is 5.91 Å². The molecule has 0 aromatic heterocycles. The number of ether oxygens (including phenoxy) is 1. The molecule has 1 amide bonds. The molecule has 0 saturated heterocycles. The third-order valence-corrected chi connectivity index (χ3v) is 2.43. The van der Waals surface area contributed by atoms with E-state index in [4.69, 9.17) is 10.5 Å². The van der Waals surface area contributed by atoms with E-state index in [1.807, 2.05) is 20.8 Å². The first-order valence-corrected chi connectivity index (χ1v) is 5.48. The fourth-order valence-electron chi connectivity index (χ4n) is 1.22. The van der Waals surface area contributed by atoms with Crippen LogP contribution >= 0.6 is 0 Å². The van der Waals surface area contributed by atoms with Gasteiger partial charge in [-0.15, -0.1) is 6.58 Å². The van der Waals surface area contributed by atoms with Crippen molar-refractivity contribution in [2.75, 3.05) is 26.8 Å². The largest absolute Gasteiger partial charge is 0.383 e. The summed E-state index contributed by atoms with van der Waals surface area (Å²) in [5.74, 6) is -0.0514. The van der Waals surface area contributed by atoms with E-state index in [-0.39, 0.29) is 11.3 Å². The monoisotopic (exact) mass is 228 g/mol. The van der Waals surface area contributed by atoms with Crippen molar-refractivity contribution in [1.29, 1.82) is 0 Å². The van der Waals surface area contributed by atoms with Crippen molar-refractivity contribution in [3.63, 3.8) is 0 Å². The van der Waals surface area contributed by atoms with Crippen LogP contribution in [-0.2, 0) is 9.53 Å². The van der Waals surface area contributed by atoms with Gasteiger partial charge in [-0.25, -0.2) is 0 Å². The summed E-state index contributed by atoms with van der Waals surface area (Å²) >= 11 is 0. The van der Waals surface area contributed by atoms with Gasteiger partial charge >= 0.3 is 0 Å². The molecule has 0 aromatic rings. The summed E-state index contributed by atoms with van der Waals surface area (Å²) in [7, 11) is 1.61. The number of rotatable bonds is 6. The number of carbonyl (C=O) groups is 1. The van der Waals surface area contributed by atoms with Crippen LogP contribution in [0.3, 0.4) is 0 Å². The molecule has 0 saturated carbocycles. The number of amides is 1. The Morgan fingerprint density at radius 3 is 2.50 bits per heavy atom. The summed E-state index contributed by atoms with van der Waals surface area (Å²) in [5, 5.41) is 0. The predicted molar refractivity (Wildman–Crippen MR) is 66.1 cm³/mol. The van der Waals surface area contributed by atoms with Crippen LogP contribution in [0.1, 0.15) is 20.8 Å². The van der Waals surface area contributed by atoms with Gasteiger partial charge in [0, 0.05) is 20.2 Å². The van der Waals surface area contributed by atoms with Crippen LogP contribution in [0, 0.1) is 5.41 Å². The molecule has 1 atom stereocenters. The average molecular weight is 228 g/mol. The molecule has 0 spiro atoms. The molecule has 0 aliphatic carbocycles. The number of hydrogen-bond acceptors (Lipinski definition) is 3. The van der Waals surface area contributed by atoms with E-state index in [0.29, 0.717) is 19.7 Å². The Kier molecular flexibility index (Phi) is 6.29. The zero-order chi connectivity index (χ0) is 12.8. The van der Waals surface area contributed by atoms with E-state index in [1.165, 1.54) is 0 Å². The second-order valence-corrected chi connectivity index (χ2v) is 4.91. The van der Waals surface area contributed by atoms with E-state index >= 15 is 0 Å². The lowest BCUT2D eigenvalue weighted by Gasteiger charge is -2.31. The second-order valence-electron chi connectivity index (χ2n) is 4.91. The van der Waals surface area contributed by atoms with E-state index < -0.39 is 6.04 Å². The topological polar surface area (TPSA) is 55.6 Å². The number of nitrogens with zero attached hydrogens (tertiary/aromatic N) is 1. The molecule has 0 heterocycles. The van der Waals surface area contributed by atoms with Gasteiger partial charge in [0.25, 0.3) is 0 Å². The Balaban J connectivity index is 4.53. The molecule has 0 rings (SSSR count). The summed E-state index contributed by atoms with van der Waals surface area (Å²) in [6.45, 7) is 11.1. The summed E-state index contributed by atoms with van der Waals surface area (Å²) in [5.41, 5.74) is 5.70. The lowest BCUT2D eigenvalue weighted by molar-refractivity contribution is -0.135. The van der Waals surface area contributed by atoms with Crippen LogP contribution in [0.25, 0.3) is 0 Å². The van der Waals surface area contributed by atoms with Crippen molar-refractivity contribution in [3.05, 3.63) is 12.7 Å². The first-order valence-electron chi connectivity index (χ1n) is 5.48. The Morgan fingerprint density at radius 2 is 2.12 bits per heavy atom. The predicted octanol–water partition coefficient (Wildman–Crippen LogP) is 1.02. The van der Waals surface area contributed by atoms with Gasteiger partial charge in [0.2, 0.25) is 5.91 Å². The van der Waals surface area contributed by atoms with Crippen molar-refractivity contribution in [2.24, 2.45) is 11.1 Å². The maximum absolute atomic E-state index is 12.1. The van der Waals surface area contributed by atoms with Crippen molar-refractivity contribution < 1.29 is 9.53 Å². The molecule has 2 N–H and O–H groups in total. The van der Waals surface area contributed by atoms with Gasteiger partial charge in [-0.05, 0) is 5.41 Å². The van der Waals surface area contributed by atoms with Crippen LogP contribution < -0.4 is 5.73 Å². The zero-order valence-electron chi connectivity index (χ0n) is 10.8. The minimum Gasteiger partial charge on any atom is -0.383 e. The van der Waals surface area contributed by atoms with E-state index in [2.05, 4.69) is 6.58 Å². The molecule has 0 bridgehead atoms. The Bertz CT molecular complexity index is 234. The van der Waals surface area contributed by atoms with Crippen molar-refractivity contribution in [3.8, 4) is 0 Å². The number of nitrogens with two attached hydrogens (primary N) is 1. The molecule has 4 nitrogen and oxygen atoms in total.